The molecule has 0 N–H and O–H groups in total. The summed E-state index contributed by atoms with van der Waals surface area (Å²) >= 11 is 0. The Morgan fingerprint density at radius 2 is 1.07 bits per heavy atom. The summed E-state index contributed by atoms with van der Waals surface area (Å²) in [5, 5.41) is 6.00. The molecule has 1 nitrogen and oxygen atoms in total. The maximum Gasteiger partial charge on any atom is 0.0626 e. The van der Waals surface area contributed by atoms with Gasteiger partial charge in [-0.2, -0.15) is 0 Å². The second-order valence-corrected chi connectivity index (χ2v) is 21.6. The summed E-state index contributed by atoms with van der Waals surface area (Å²) in [5.41, 5.74) is 18.7. The van der Waals surface area contributed by atoms with Crippen LogP contribution in [0.3, 0.4) is 0 Å². The van der Waals surface area contributed by atoms with Gasteiger partial charge >= 0.3 is 0 Å². The standard InChI is InChI=1S/C57H69N/c1-12-54(34(2)3)20-22-56(23-21-54,36(6)7)47-31-45-49(28-38(47)10)58-50-33-44-39(11)55(35(4)5)24-26-57(27-25-55,37(8)9)48(44)32-46(50)52-43-19-17-41-15-13-14-40(29-41)16-18-42(30-43)51(45)53(52)58/h12-15,28-37H,1,11,16-27H2,2-10H3. The number of benzene rings is 4. The first-order valence-corrected chi connectivity index (χ1v) is 23.4. The van der Waals surface area contributed by atoms with Gasteiger partial charge in [-0.1, -0.05) is 98.4 Å². The van der Waals surface area contributed by atoms with Gasteiger partial charge in [-0.15, -0.1) is 6.58 Å². The van der Waals surface area contributed by atoms with Crippen molar-refractivity contribution in [1.29, 1.82) is 0 Å². The molecular formula is C57H69N. The van der Waals surface area contributed by atoms with Gasteiger partial charge in [-0.05, 0) is 204 Å². The zero-order valence-corrected chi connectivity index (χ0v) is 37.4. The number of allylic oxidation sites excluding steroid dienone is 2. The van der Waals surface area contributed by atoms with Crippen molar-refractivity contribution in [2.45, 2.75) is 150 Å². The van der Waals surface area contributed by atoms with Gasteiger partial charge in [0, 0.05) is 21.5 Å². The van der Waals surface area contributed by atoms with Crippen molar-refractivity contribution in [3.05, 3.63) is 118 Å². The molecule has 5 aliphatic carbocycles. The maximum atomic E-state index is 5.08. The average Bonchev–Trinajstić information content (AvgIpc) is 3.65. The molecule has 2 saturated carbocycles. The predicted molar refractivity (Wildman–Crippen MR) is 251 cm³/mol. The zero-order valence-electron chi connectivity index (χ0n) is 37.4. The van der Waals surface area contributed by atoms with E-state index >= 15 is 0 Å². The van der Waals surface area contributed by atoms with Crippen LogP contribution in [0.4, 0.5) is 0 Å². The fourth-order valence-corrected chi connectivity index (χ4v) is 14.3. The number of fused-ring (bicyclic) bond motifs is 14. The highest BCUT2D eigenvalue weighted by atomic mass is 14.9. The smallest absolute Gasteiger partial charge is 0.0626 e. The topological polar surface area (TPSA) is 4.41 Å². The Morgan fingerprint density at radius 3 is 1.60 bits per heavy atom. The summed E-state index contributed by atoms with van der Waals surface area (Å²) in [6.07, 6.45) is 16.6. The first-order chi connectivity index (χ1) is 27.7. The normalized spacial score (nSPS) is 27.6. The van der Waals surface area contributed by atoms with Crippen molar-refractivity contribution in [3.8, 4) is 0 Å². The van der Waals surface area contributed by atoms with Crippen molar-refractivity contribution in [2.24, 2.45) is 34.5 Å². The number of aromatic nitrogens is 1. The monoisotopic (exact) mass is 768 g/mol. The molecule has 6 aromatic rings. The lowest BCUT2D eigenvalue weighted by molar-refractivity contribution is 0.0965. The van der Waals surface area contributed by atoms with Crippen LogP contribution in [0.5, 0.6) is 0 Å². The minimum absolute atomic E-state index is 0.158. The molecule has 0 unspecified atom stereocenters. The predicted octanol–water partition coefficient (Wildman–Crippen LogP) is 15.5. The molecule has 2 heterocycles. The molecule has 0 radical (unpaired) electrons. The summed E-state index contributed by atoms with van der Waals surface area (Å²) < 4.78 is 2.76. The molecule has 58 heavy (non-hydrogen) atoms. The lowest BCUT2D eigenvalue weighted by Crippen LogP contribution is -2.42. The van der Waals surface area contributed by atoms with Crippen LogP contribution in [0.2, 0.25) is 0 Å². The van der Waals surface area contributed by atoms with E-state index in [1.807, 2.05) is 0 Å². The van der Waals surface area contributed by atoms with Crippen LogP contribution < -0.4 is 0 Å². The first-order valence-electron chi connectivity index (χ1n) is 23.4. The Bertz CT molecular complexity index is 2630. The van der Waals surface area contributed by atoms with E-state index in [2.05, 4.69) is 134 Å². The summed E-state index contributed by atoms with van der Waals surface area (Å²) in [6, 6.07) is 23.0. The van der Waals surface area contributed by atoms with E-state index in [-0.39, 0.29) is 21.7 Å². The highest BCUT2D eigenvalue weighted by molar-refractivity contribution is 6.25. The van der Waals surface area contributed by atoms with E-state index in [9.17, 15) is 0 Å². The molecule has 2 fully saturated rings. The Labute approximate surface area is 349 Å². The fraction of sp³-hybridized carbons (Fsp3) is 0.509. The Hall–Kier alpha value is -3.84. The molecule has 11 rings (SSSR count). The highest BCUT2D eigenvalue weighted by Crippen LogP contribution is 2.64. The van der Waals surface area contributed by atoms with Crippen molar-refractivity contribution in [1.82, 2.24) is 4.40 Å². The Balaban J connectivity index is 1.30. The molecule has 5 aliphatic rings. The van der Waals surface area contributed by atoms with Gasteiger partial charge < -0.3 is 4.40 Å². The summed E-state index contributed by atoms with van der Waals surface area (Å²) in [5.74, 6) is 2.34. The van der Waals surface area contributed by atoms with E-state index in [1.165, 1.54) is 117 Å². The number of hydrogen-bond donors (Lipinski definition) is 0. The summed E-state index contributed by atoms with van der Waals surface area (Å²) in [7, 11) is 0. The molecule has 0 spiro atoms. The molecule has 302 valence electrons. The number of aryl methyl sites for hydroxylation is 5. The van der Waals surface area contributed by atoms with Crippen molar-refractivity contribution < 1.29 is 0 Å². The van der Waals surface area contributed by atoms with Crippen LogP contribution in [0.25, 0.3) is 43.7 Å². The third kappa shape index (κ3) is 5.00. The van der Waals surface area contributed by atoms with Crippen LogP contribution in [0, 0.1) is 41.4 Å². The Morgan fingerprint density at radius 1 is 0.569 bits per heavy atom. The van der Waals surface area contributed by atoms with E-state index in [0.29, 0.717) is 23.7 Å². The molecule has 1 heteroatoms. The Kier molecular flexibility index (Phi) is 8.65. The molecule has 2 aromatic heterocycles. The van der Waals surface area contributed by atoms with Crippen LogP contribution in [0.15, 0.2) is 73.8 Å². The number of nitrogens with zero attached hydrogens (tertiary/aromatic N) is 1. The van der Waals surface area contributed by atoms with E-state index in [4.69, 9.17) is 6.58 Å². The third-order valence-electron chi connectivity index (χ3n) is 18.5. The van der Waals surface area contributed by atoms with Gasteiger partial charge in [0.15, 0.2) is 0 Å². The minimum Gasteiger partial charge on any atom is -0.308 e. The SMILES string of the molecule is C=CC1(C(C)C)CCC(c2cc3c4c5cc(c6c7cc8c(cc7n(c3cc2C)c46)C(=C)C2(C(C)C)CCC8(C(C)C)CC2)CCc2cccc(c2)CC5)(C(C)C)CC1. The quantitative estimate of drug-likeness (QED) is 0.149. The molecule has 0 atom stereocenters. The first kappa shape index (κ1) is 38.4. The van der Waals surface area contributed by atoms with E-state index in [0.717, 1.165) is 25.7 Å². The highest BCUT2D eigenvalue weighted by Gasteiger charge is 2.53. The fourth-order valence-electron chi connectivity index (χ4n) is 14.3. The van der Waals surface area contributed by atoms with Crippen molar-refractivity contribution in [3.63, 3.8) is 0 Å². The van der Waals surface area contributed by atoms with Crippen LogP contribution in [0.1, 0.15) is 151 Å². The van der Waals surface area contributed by atoms with Crippen LogP contribution in [-0.4, -0.2) is 4.40 Å². The summed E-state index contributed by atoms with van der Waals surface area (Å²) in [6.45, 7) is 31.7. The third-order valence-corrected chi connectivity index (χ3v) is 18.5. The lowest BCUT2D eigenvalue weighted by atomic mass is 9.54. The van der Waals surface area contributed by atoms with Gasteiger partial charge in [0.05, 0.1) is 16.6 Å². The van der Waals surface area contributed by atoms with Gasteiger partial charge in [-0.3, -0.25) is 0 Å². The molecular weight excluding hydrogens is 699 g/mol. The maximum absolute atomic E-state index is 5.08. The van der Waals surface area contributed by atoms with Crippen LogP contribution >= 0.6 is 0 Å². The average molecular weight is 768 g/mol. The molecule has 0 aliphatic heterocycles. The number of hydrogen-bond acceptors (Lipinski definition) is 0. The minimum atomic E-state index is 0.158. The van der Waals surface area contributed by atoms with Gasteiger partial charge in [0.2, 0.25) is 0 Å². The van der Waals surface area contributed by atoms with Crippen molar-refractivity contribution >= 4 is 43.7 Å². The second kappa shape index (κ2) is 13.1. The second-order valence-electron chi connectivity index (χ2n) is 21.6. The largest absolute Gasteiger partial charge is 0.308 e. The summed E-state index contributed by atoms with van der Waals surface area (Å²) in [4.78, 5) is 0. The van der Waals surface area contributed by atoms with E-state index in [1.54, 1.807) is 22.3 Å². The van der Waals surface area contributed by atoms with Gasteiger partial charge in [0.25, 0.3) is 0 Å². The van der Waals surface area contributed by atoms with Crippen LogP contribution in [-0.2, 0) is 36.5 Å². The van der Waals surface area contributed by atoms with Crippen molar-refractivity contribution in [2.75, 3.05) is 0 Å². The lowest BCUT2D eigenvalue weighted by Gasteiger charge is -2.50. The molecule has 0 saturated heterocycles. The van der Waals surface area contributed by atoms with Gasteiger partial charge in [-0.25, -0.2) is 0 Å². The van der Waals surface area contributed by atoms with Gasteiger partial charge in [0.1, 0.15) is 0 Å². The van der Waals surface area contributed by atoms with E-state index < -0.39 is 0 Å². The molecule has 4 aromatic carbocycles. The number of rotatable bonds is 6. The molecule has 6 bridgehead atoms. The molecule has 0 amide bonds. The zero-order chi connectivity index (χ0) is 40.7.